The molecule has 5 heteroatoms. The number of nitrogens with zero attached hydrogens (tertiary/aromatic N) is 2. The zero-order chi connectivity index (χ0) is 10.0. The molecule has 1 aliphatic rings. The van der Waals surface area contributed by atoms with E-state index in [1.54, 1.807) is 12.1 Å². The van der Waals surface area contributed by atoms with Gasteiger partial charge >= 0.3 is 0 Å². The highest BCUT2D eigenvalue weighted by molar-refractivity contribution is 6.29. The molecule has 2 N–H and O–H groups in total. The lowest BCUT2D eigenvalue weighted by Crippen LogP contribution is -2.48. The van der Waals surface area contributed by atoms with Gasteiger partial charge in [-0.25, -0.2) is 0 Å². The summed E-state index contributed by atoms with van der Waals surface area (Å²) in [5.74, 6) is 0.670. The Balaban J connectivity index is 2.06. The fourth-order valence-electron chi connectivity index (χ4n) is 1.58. The van der Waals surface area contributed by atoms with Crippen molar-refractivity contribution in [3.8, 4) is 0 Å². The van der Waals surface area contributed by atoms with Crippen molar-refractivity contribution in [2.45, 2.75) is 24.8 Å². The Labute approximate surface area is 87.3 Å². The van der Waals surface area contributed by atoms with Crippen LogP contribution in [-0.2, 0) is 0 Å². The molecule has 76 valence electrons. The maximum Gasteiger partial charge on any atom is 0.151 e. The van der Waals surface area contributed by atoms with Crippen molar-refractivity contribution >= 4 is 17.4 Å². The molecule has 1 aliphatic carbocycles. The Morgan fingerprint density at radius 1 is 1.43 bits per heavy atom. The molecule has 1 aromatic rings. The SMILES string of the molecule is OCC1(Nc2ccc(Cl)nn2)CCC1. The van der Waals surface area contributed by atoms with Gasteiger partial charge in [0.15, 0.2) is 5.15 Å². The van der Waals surface area contributed by atoms with Gasteiger partial charge in [0.05, 0.1) is 12.1 Å². The number of hydrogen-bond acceptors (Lipinski definition) is 4. The summed E-state index contributed by atoms with van der Waals surface area (Å²) in [6.45, 7) is 0.136. The van der Waals surface area contributed by atoms with Gasteiger partial charge in [-0.05, 0) is 31.4 Å². The molecule has 1 heterocycles. The van der Waals surface area contributed by atoms with Gasteiger partial charge in [0.1, 0.15) is 5.82 Å². The van der Waals surface area contributed by atoms with Gasteiger partial charge in [-0.3, -0.25) is 0 Å². The summed E-state index contributed by atoms with van der Waals surface area (Å²) in [6.07, 6.45) is 3.11. The van der Waals surface area contributed by atoms with E-state index in [1.165, 1.54) is 0 Å². The Bertz CT molecular complexity index is 305. The maximum atomic E-state index is 9.22. The minimum atomic E-state index is -0.178. The third-order valence-electron chi connectivity index (χ3n) is 2.64. The van der Waals surface area contributed by atoms with Crippen molar-refractivity contribution in [3.63, 3.8) is 0 Å². The van der Waals surface area contributed by atoms with E-state index in [2.05, 4.69) is 15.5 Å². The topological polar surface area (TPSA) is 58.0 Å². The van der Waals surface area contributed by atoms with E-state index < -0.39 is 0 Å². The molecule has 1 saturated carbocycles. The monoisotopic (exact) mass is 213 g/mol. The van der Waals surface area contributed by atoms with Crippen molar-refractivity contribution in [2.24, 2.45) is 0 Å². The van der Waals surface area contributed by atoms with Gasteiger partial charge in [-0.15, -0.1) is 10.2 Å². The minimum Gasteiger partial charge on any atom is -0.394 e. The maximum absolute atomic E-state index is 9.22. The van der Waals surface area contributed by atoms with Crippen LogP contribution in [-0.4, -0.2) is 27.4 Å². The Morgan fingerprint density at radius 2 is 2.21 bits per heavy atom. The number of aliphatic hydroxyl groups excluding tert-OH is 1. The van der Waals surface area contributed by atoms with Gasteiger partial charge in [0, 0.05) is 0 Å². The predicted octanol–water partition coefficient (Wildman–Crippen LogP) is 1.46. The van der Waals surface area contributed by atoms with E-state index in [0.29, 0.717) is 11.0 Å². The number of rotatable bonds is 3. The van der Waals surface area contributed by atoms with Crippen molar-refractivity contribution in [2.75, 3.05) is 11.9 Å². The molecule has 14 heavy (non-hydrogen) atoms. The molecule has 0 spiro atoms. The van der Waals surface area contributed by atoms with Crippen LogP contribution in [0.25, 0.3) is 0 Å². The zero-order valence-electron chi connectivity index (χ0n) is 7.70. The molecule has 0 saturated heterocycles. The van der Waals surface area contributed by atoms with Crippen LogP contribution in [0.15, 0.2) is 12.1 Å². The number of nitrogens with one attached hydrogen (secondary N) is 1. The summed E-state index contributed by atoms with van der Waals surface area (Å²) in [6, 6.07) is 3.45. The van der Waals surface area contributed by atoms with Crippen LogP contribution in [0.4, 0.5) is 5.82 Å². The lowest BCUT2D eigenvalue weighted by Gasteiger charge is -2.41. The Hall–Kier alpha value is -0.870. The summed E-state index contributed by atoms with van der Waals surface area (Å²) < 4.78 is 0. The quantitative estimate of drug-likeness (QED) is 0.798. The summed E-state index contributed by atoms with van der Waals surface area (Å²) in [5, 5.41) is 20.4. The second-order valence-corrected chi connectivity index (χ2v) is 4.05. The molecule has 0 aliphatic heterocycles. The van der Waals surface area contributed by atoms with Gasteiger partial charge in [0.25, 0.3) is 0 Å². The molecule has 1 aromatic heterocycles. The largest absolute Gasteiger partial charge is 0.394 e. The van der Waals surface area contributed by atoms with Gasteiger partial charge in [-0.2, -0.15) is 0 Å². The lowest BCUT2D eigenvalue weighted by atomic mass is 9.77. The lowest BCUT2D eigenvalue weighted by molar-refractivity contribution is 0.143. The highest BCUT2D eigenvalue weighted by Gasteiger charge is 2.36. The molecule has 0 unspecified atom stereocenters. The second-order valence-electron chi connectivity index (χ2n) is 3.66. The van der Waals surface area contributed by atoms with Crippen molar-refractivity contribution in [3.05, 3.63) is 17.3 Å². The molecule has 0 aromatic carbocycles. The number of aliphatic hydroxyl groups is 1. The van der Waals surface area contributed by atoms with Crippen LogP contribution in [0, 0.1) is 0 Å². The van der Waals surface area contributed by atoms with E-state index in [0.717, 1.165) is 19.3 Å². The molecule has 1 fully saturated rings. The van der Waals surface area contributed by atoms with Crippen molar-refractivity contribution < 1.29 is 5.11 Å². The highest BCUT2D eigenvalue weighted by Crippen LogP contribution is 2.34. The van der Waals surface area contributed by atoms with E-state index in [9.17, 15) is 5.11 Å². The fourth-order valence-corrected chi connectivity index (χ4v) is 1.68. The van der Waals surface area contributed by atoms with Crippen LogP contribution in [0.3, 0.4) is 0 Å². The van der Waals surface area contributed by atoms with Crippen LogP contribution in [0.5, 0.6) is 0 Å². The normalized spacial score (nSPS) is 18.7. The van der Waals surface area contributed by atoms with Crippen LogP contribution >= 0.6 is 11.6 Å². The number of anilines is 1. The smallest absolute Gasteiger partial charge is 0.151 e. The first-order valence-electron chi connectivity index (χ1n) is 4.62. The zero-order valence-corrected chi connectivity index (χ0v) is 8.46. The van der Waals surface area contributed by atoms with E-state index in [-0.39, 0.29) is 12.1 Å². The summed E-state index contributed by atoms with van der Waals surface area (Å²) in [5.41, 5.74) is -0.178. The first-order valence-corrected chi connectivity index (χ1v) is 5.00. The minimum absolute atomic E-state index is 0.136. The third kappa shape index (κ3) is 1.81. The average molecular weight is 214 g/mol. The molecule has 4 nitrogen and oxygen atoms in total. The van der Waals surface area contributed by atoms with Gasteiger partial charge in [0.2, 0.25) is 0 Å². The average Bonchev–Trinajstić information content (AvgIpc) is 2.15. The predicted molar refractivity (Wildman–Crippen MR) is 54.3 cm³/mol. The van der Waals surface area contributed by atoms with Crippen molar-refractivity contribution in [1.82, 2.24) is 10.2 Å². The first kappa shape index (κ1) is 9.68. The van der Waals surface area contributed by atoms with Crippen LogP contribution in [0.1, 0.15) is 19.3 Å². The van der Waals surface area contributed by atoms with E-state index >= 15 is 0 Å². The standard InChI is InChI=1S/C9H12ClN3O/c10-7-2-3-8(13-12-7)11-9(6-14)4-1-5-9/h2-3,14H,1,4-6H2,(H,11,13). The molecule has 0 amide bonds. The Kier molecular flexibility index (Phi) is 2.56. The first-order chi connectivity index (χ1) is 6.74. The summed E-state index contributed by atoms with van der Waals surface area (Å²) in [7, 11) is 0. The second kappa shape index (κ2) is 3.71. The van der Waals surface area contributed by atoms with Gasteiger partial charge < -0.3 is 10.4 Å². The third-order valence-corrected chi connectivity index (χ3v) is 2.84. The van der Waals surface area contributed by atoms with E-state index in [4.69, 9.17) is 11.6 Å². The molecule has 0 radical (unpaired) electrons. The van der Waals surface area contributed by atoms with E-state index in [1.807, 2.05) is 0 Å². The van der Waals surface area contributed by atoms with Crippen molar-refractivity contribution in [1.29, 1.82) is 0 Å². The number of aromatic nitrogens is 2. The summed E-state index contributed by atoms with van der Waals surface area (Å²) >= 11 is 5.61. The number of hydrogen-bond donors (Lipinski definition) is 2. The molecular weight excluding hydrogens is 202 g/mol. The summed E-state index contributed by atoms with van der Waals surface area (Å²) in [4.78, 5) is 0. The molecular formula is C9H12ClN3O. The van der Waals surface area contributed by atoms with Crippen LogP contribution < -0.4 is 5.32 Å². The Morgan fingerprint density at radius 3 is 2.64 bits per heavy atom. The molecule has 2 rings (SSSR count). The van der Waals surface area contributed by atoms with Crippen LogP contribution in [0.2, 0.25) is 5.15 Å². The van der Waals surface area contributed by atoms with Gasteiger partial charge in [-0.1, -0.05) is 11.6 Å². The molecule has 0 bridgehead atoms. The highest BCUT2D eigenvalue weighted by atomic mass is 35.5. The number of halogens is 1. The molecule has 0 atom stereocenters. The fraction of sp³-hybridized carbons (Fsp3) is 0.556.